The van der Waals surface area contributed by atoms with Crippen LogP contribution in [-0.2, 0) is 14.8 Å². The van der Waals surface area contributed by atoms with Crippen LogP contribution in [0, 0.1) is 0 Å². The first-order chi connectivity index (χ1) is 10.9. The fraction of sp³-hybridized carbons (Fsp3) is 0.533. The lowest BCUT2D eigenvalue weighted by Gasteiger charge is -2.16. The van der Waals surface area contributed by atoms with Crippen molar-refractivity contribution in [2.24, 2.45) is 0 Å². The van der Waals surface area contributed by atoms with Crippen molar-refractivity contribution in [2.45, 2.75) is 36.6 Å². The van der Waals surface area contributed by atoms with Gasteiger partial charge < -0.3 is 10.0 Å². The lowest BCUT2D eigenvalue weighted by molar-refractivity contribution is -0.137. The maximum atomic E-state index is 12.3. The van der Waals surface area contributed by atoms with E-state index in [1.807, 2.05) is 0 Å². The minimum absolute atomic E-state index is 0.116. The lowest BCUT2D eigenvalue weighted by atomic mass is 10.2. The molecule has 23 heavy (non-hydrogen) atoms. The molecule has 128 valence electrons. The summed E-state index contributed by atoms with van der Waals surface area (Å²) in [6.07, 6.45) is 2.39. The molecule has 1 unspecified atom stereocenters. The Balaban J connectivity index is 1.80. The number of sulfonamides is 1. The molecule has 8 heteroatoms. The highest BCUT2D eigenvalue weighted by atomic mass is 35.5. The predicted octanol–water partition coefficient (Wildman–Crippen LogP) is 1.95. The quantitative estimate of drug-likeness (QED) is 0.692. The number of rotatable bonds is 8. The molecule has 1 heterocycles. The van der Waals surface area contributed by atoms with Gasteiger partial charge in [-0.1, -0.05) is 11.6 Å². The molecule has 0 aliphatic carbocycles. The molecule has 1 saturated heterocycles. The molecule has 1 aromatic carbocycles. The highest BCUT2D eigenvalue weighted by molar-refractivity contribution is 7.89. The summed E-state index contributed by atoms with van der Waals surface area (Å²) in [5.74, 6) is -0.778. The molecule has 1 aliphatic rings. The number of benzene rings is 1. The number of likely N-dealkylation sites (tertiary alicyclic amines) is 1. The van der Waals surface area contributed by atoms with Crippen molar-refractivity contribution in [1.29, 1.82) is 0 Å². The lowest BCUT2D eigenvalue weighted by Crippen LogP contribution is -2.37. The molecule has 2 rings (SSSR count). The van der Waals surface area contributed by atoms with Gasteiger partial charge >= 0.3 is 5.97 Å². The Labute approximate surface area is 141 Å². The van der Waals surface area contributed by atoms with Gasteiger partial charge in [0.05, 0.1) is 4.90 Å². The van der Waals surface area contributed by atoms with E-state index < -0.39 is 16.0 Å². The van der Waals surface area contributed by atoms with E-state index >= 15 is 0 Å². The van der Waals surface area contributed by atoms with Crippen LogP contribution in [-0.4, -0.2) is 50.1 Å². The Kier molecular flexibility index (Phi) is 6.41. The summed E-state index contributed by atoms with van der Waals surface area (Å²) in [6, 6.07) is 5.97. The number of carboxylic acid groups (broad SMARTS) is 1. The minimum Gasteiger partial charge on any atom is -0.481 e. The van der Waals surface area contributed by atoms with Gasteiger partial charge in [-0.2, -0.15) is 0 Å². The monoisotopic (exact) mass is 360 g/mol. The minimum atomic E-state index is -3.53. The Morgan fingerprint density at radius 1 is 1.30 bits per heavy atom. The van der Waals surface area contributed by atoms with Crippen LogP contribution in [0.4, 0.5) is 0 Å². The average molecular weight is 361 g/mol. The van der Waals surface area contributed by atoms with Crippen LogP contribution in [0.25, 0.3) is 0 Å². The third-order valence-electron chi connectivity index (χ3n) is 3.83. The van der Waals surface area contributed by atoms with Crippen LogP contribution >= 0.6 is 11.6 Å². The van der Waals surface area contributed by atoms with Crippen molar-refractivity contribution in [3.8, 4) is 0 Å². The largest absolute Gasteiger partial charge is 0.481 e. The maximum Gasteiger partial charge on any atom is 0.303 e. The van der Waals surface area contributed by atoms with Crippen molar-refractivity contribution < 1.29 is 18.3 Å². The van der Waals surface area contributed by atoms with Gasteiger partial charge in [-0.05, 0) is 56.6 Å². The molecular formula is C15H21ClN2O4S. The normalized spacial score (nSPS) is 19.1. The molecule has 0 aromatic heterocycles. The van der Waals surface area contributed by atoms with Gasteiger partial charge in [0.2, 0.25) is 10.0 Å². The number of carbonyl (C=O) groups is 1. The number of halogens is 1. The standard InChI is InChI=1S/C15H21ClN2O4S/c16-12-4-6-14(7-5-12)23(21,22)17-13-8-10-18(11-13)9-2-1-3-15(19)20/h4-7,13,17H,1-3,8-11H2,(H,19,20). The van der Waals surface area contributed by atoms with Crippen molar-refractivity contribution in [2.75, 3.05) is 19.6 Å². The Morgan fingerprint density at radius 2 is 2.00 bits per heavy atom. The zero-order valence-corrected chi connectivity index (χ0v) is 14.3. The van der Waals surface area contributed by atoms with Crippen molar-refractivity contribution in [3.63, 3.8) is 0 Å². The number of unbranched alkanes of at least 4 members (excludes halogenated alkanes) is 1. The fourth-order valence-corrected chi connectivity index (χ4v) is 4.03. The molecule has 0 bridgehead atoms. The van der Waals surface area contributed by atoms with Gasteiger partial charge in [0.25, 0.3) is 0 Å². The van der Waals surface area contributed by atoms with Crippen LogP contribution in [0.2, 0.25) is 5.02 Å². The summed E-state index contributed by atoms with van der Waals surface area (Å²) in [7, 11) is -3.53. The molecule has 0 spiro atoms. The summed E-state index contributed by atoms with van der Waals surface area (Å²) < 4.78 is 27.3. The SMILES string of the molecule is O=C(O)CCCCN1CCC(NS(=O)(=O)c2ccc(Cl)cc2)C1. The van der Waals surface area contributed by atoms with Gasteiger partial charge in [0.15, 0.2) is 0 Å². The van der Waals surface area contributed by atoms with Crippen LogP contribution in [0.3, 0.4) is 0 Å². The number of aliphatic carboxylic acids is 1. The molecule has 1 atom stereocenters. The number of hydrogen-bond donors (Lipinski definition) is 2. The number of nitrogens with zero attached hydrogens (tertiary/aromatic N) is 1. The maximum absolute atomic E-state index is 12.3. The van der Waals surface area contributed by atoms with Gasteiger partial charge in [-0.15, -0.1) is 0 Å². The Bertz CT molecular complexity index is 633. The second kappa shape index (κ2) is 8.10. The van der Waals surface area contributed by atoms with Gasteiger partial charge in [0, 0.05) is 24.0 Å². The van der Waals surface area contributed by atoms with Crippen molar-refractivity contribution in [3.05, 3.63) is 29.3 Å². The van der Waals surface area contributed by atoms with E-state index in [0.717, 1.165) is 25.9 Å². The number of nitrogens with one attached hydrogen (secondary N) is 1. The van der Waals surface area contributed by atoms with Crippen LogP contribution in [0.15, 0.2) is 29.2 Å². The van der Waals surface area contributed by atoms with E-state index in [0.29, 0.717) is 18.0 Å². The Hall–Kier alpha value is -1.15. The Morgan fingerprint density at radius 3 is 2.65 bits per heavy atom. The summed E-state index contributed by atoms with van der Waals surface area (Å²) >= 11 is 5.77. The fourth-order valence-electron chi connectivity index (χ4n) is 2.64. The van der Waals surface area contributed by atoms with Crippen LogP contribution < -0.4 is 4.72 Å². The molecule has 0 amide bonds. The molecular weight excluding hydrogens is 340 g/mol. The van der Waals surface area contributed by atoms with Crippen LogP contribution in [0.1, 0.15) is 25.7 Å². The van der Waals surface area contributed by atoms with Gasteiger partial charge in [-0.3, -0.25) is 4.79 Å². The van der Waals surface area contributed by atoms with E-state index in [4.69, 9.17) is 16.7 Å². The first-order valence-corrected chi connectivity index (χ1v) is 9.45. The summed E-state index contributed by atoms with van der Waals surface area (Å²) in [5, 5.41) is 9.10. The summed E-state index contributed by atoms with van der Waals surface area (Å²) in [6.45, 7) is 2.27. The van der Waals surface area contributed by atoms with Crippen LogP contribution in [0.5, 0.6) is 0 Å². The van der Waals surface area contributed by atoms with E-state index in [1.165, 1.54) is 12.1 Å². The third-order valence-corrected chi connectivity index (χ3v) is 5.62. The molecule has 0 saturated carbocycles. The number of carboxylic acids is 1. The smallest absolute Gasteiger partial charge is 0.303 e. The van der Waals surface area contributed by atoms with E-state index in [1.54, 1.807) is 12.1 Å². The zero-order valence-electron chi connectivity index (χ0n) is 12.7. The molecule has 2 N–H and O–H groups in total. The molecule has 1 fully saturated rings. The van der Waals surface area contributed by atoms with E-state index in [9.17, 15) is 13.2 Å². The molecule has 1 aliphatic heterocycles. The highest BCUT2D eigenvalue weighted by Gasteiger charge is 2.26. The third kappa shape index (κ3) is 5.76. The second-order valence-corrected chi connectivity index (χ2v) is 7.86. The number of hydrogen-bond acceptors (Lipinski definition) is 4. The second-order valence-electron chi connectivity index (χ2n) is 5.71. The topological polar surface area (TPSA) is 86.7 Å². The van der Waals surface area contributed by atoms with Crippen molar-refractivity contribution in [1.82, 2.24) is 9.62 Å². The van der Waals surface area contributed by atoms with Crippen molar-refractivity contribution >= 4 is 27.6 Å². The predicted molar refractivity (Wildman–Crippen MR) is 88.1 cm³/mol. The molecule has 6 nitrogen and oxygen atoms in total. The highest BCUT2D eigenvalue weighted by Crippen LogP contribution is 2.17. The van der Waals surface area contributed by atoms with Gasteiger partial charge in [0.1, 0.15) is 0 Å². The van der Waals surface area contributed by atoms with E-state index in [-0.39, 0.29) is 17.4 Å². The average Bonchev–Trinajstić information content (AvgIpc) is 2.90. The first-order valence-electron chi connectivity index (χ1n) is 7.59. The summed E-state index contributed by atoms with van der Waals surface area (Å²) in [5.41, 5.74) is 0. The summed E-state index contributed by atoms with van der Waals surface area (Å²) in [4.78, 5) is 12.8. The molecule has 1 aromatic rings. The van der Waals surface area contributed by atoms with E-state index in [2.05, 4.69) is 9.62 Å². The van der Waals surface area contributed by atoms with Gasteiger partial charge in [-0.25, -0.2) is 13.1 Å². The molecule has 0 radical (unpaired) electrons. The first kappa shape index (κ1) is 18.2. The zero-order chi connectivity index (χ0) is 16.9.